The van der Waals surface area contributed by atoms with Gasteiger partial charge in [-0.3, -0.25) is 4.39 Å². The Morgan fingerprint density at radius 1 is 1.22 bits per heavy atom. The molecule has 0 heterocycles. The Morgan fingerprint density at radius 2 is 2.00 bits per heavy atom. The Labute approximate surface area is 61.2 Å². The van der Waals surface area contributed by atoms with Crippen LogP contribution in [0, 0.1) is 6.92 Å². The van der Waals surface area contributed by atoms with E-state index in [2.05, 4.69) is 6.92 Å². The molecule has 2 heteroatoms. The van der Waals surface area contributed by atoms with Gasteiger partial charge in [0.2, 0.25) is 0 Å². The number of thioether (sulfide) groups is 1. The molecule has 0 aliphatic carbocycles. The predicted octanol–water partition coefficient (Wildman–Crippen LogP) is 2.69. The van der Waals surface area contributed by atoms with Crippen molar-refractivity contribution in [3.05, 3.63) is 6.92 Å². The Hall–Kier alpha value is 0.280. The molecule has 0 fully saturated rings. The Kier molecular flexibility index (Phi) is 8.54. The van der Waals surface area contributed by atoms with Gasteiger partial charge in [0.05, 0.1) is 6.67 Å². The van der Waals surface area contributed by atoms with Gasteiger partial charge in [-0.05, 0) is 12.2 Å². The summed E-state index contributed by atoms with van der Waals surface area (Å²) < 4.78 is 11.5. The van der Waals surface area contributed by atoms with Crippen LogP contribution in [0.5, 0.6) is 0 Å². The predicted molar refractivity (Wildman–Crippen MR) is 42.5 cm³/mol. The first-order valence-corrected chi connectivity index (χ1v) is 4.50. The highest BCUT2D eigenvalue weighted by molar-refractivity contribution is 7.99. The molecule has 0 rings (SSSR count). The van der Waals surface area contributed by atoms with E-state index in [-0.39, 0.29) is 6.67 Å². The molecule has 0 nitrogen and oxygen atoms in total. The van der Waals surface area contributed by atoms with Crippen molar-refractivity contribution in [1.29, 1.82) is 0 Å². The minimum Gasteiger partial charge on any atom is -0.250 e. The van der Waals surface area contributed by atoms with E-state index in [0.717, 1.165) is 12.2 Å². The summed E-state index contributed by atoms with van der Waals surface area (Å²) in [6, 6.07) is 0. The largest absolute Gasteiger partial charge is 0.250 e. The molecule has 1 radical (unpaired) electrons. The zero-order valence-corrected chi connectivity index (χ0v) is 6.55. The van der Waals surface area contributed by atoms with Crippen molar-refractivity contribution >= 4 is 11.8 Å². The molecule has 0 amide bonds. The average Bonchev–Trinajstić information content (AvgIpc) is 1.89. The van der Waals surface area contributed by atoms with Crippen LogP contribution in [-0.4, -0.2) is 18.2 Å². The van der Waals surface area contributed by atoms with Crippen LogP contribution in [0.4, 0.5) is 4.39 Å². The van der Waals surface area contributed by atoms with Crippen molar-refractivity contribution in [3.8, 4) is 0 Å². The minimum absolute atomic E-state index is 0.185. The molecule has 0 N–H and O–H groups in total. The van der Waals surface area contributed by atoms with E-state index >= 15 is 0 Å². The van der Waals surface area contributed by atoms with Crippen LogP contribution in [0.15, 0.2) is 0 Å². The molecule has 0 aliphatic rings. The summed E-state index contributed by atoms with van der Waals surface area (Å²) in [5, 5.41) is 0. The van der Waals surface area contributed by atoms with Crippen LogP contribution in [-0.2, 0) is 0 Å². The van der Waals surface area contributed by atoms with Gasteiger partial charge in [0.1, 0.15) is 0 Å². The monoisotopic (exact) mass is 149 g/mol. The summed E-state index contributed by atoms with van der Waals surface area (Å²) in [6.45, 7) is 3.53. The van der Waals surface area contributed by atoms with Gasteiger partial charge in [-0.2, -0.15) is 11.8 Å². The van der Waals surface area contributed by atoms with E-state index in [0.29, 0.717) is 5.75 Å². The molecule has 0 spiro atoms. The maximum Gasteiger partial charge on any atom is 0.0984 e. The van der Waals surface area contributed by atoms with Crippen LogP contribution < -0.4 is 0 Å². The SMILES string of the molecule is [CH2]CCCCSCCF. The van der Waals surface area contributed by atoms with Gasteiger partial charge in [-0.15, -0.1) is 0 Å². The van der Waals surface area contributed by atoms with Gasteiger partial charge in [-0.25, -0.2) is 0 Å². The summed E-state index contributed by atoms with van der Waals surface area (Å²) >= 11 is 1.69. The van der Waals surface area contributed by atoms with Gasteiger partial charge in [-0.1, -0.05) is 19.8 Å². The lowest BCUT2D eigenvalue weighted by atomic mass is 10.3. The Morgan fingerprint density at radius 3 is 2.56 bits per heavy atom. The van der Waals surface area contributed by atoms with E-state index in [1.54, 1.807) is 11.8 Å². The highest BCUT2D eigenvalue weighted by Crippen LogP contribution is 2.04. The van der Waals surface area contributed by atoms with Gasteiger partial charge in [0.15, 0.2) is 0 Å². The van der Waals surface area contributed by atoms with E-state index in [4.69, 9.17) is 0 Å². The van der Waals surface area contributed by atoms with Crippen LogP contribution >= 0.6 is 11.8 Å². The molecule has 0 saturated heterocycles. The van der Waals surface area contributed by atoms with E-state index < -0.39 is 0 Å². The number of hydrogen-bond acceptors (Lipinski definition) is 1. The normalized spacial score (nSPS) is 10.0. The number of rotatable bonds is 6. The molecule has 55 valence electrons. The quantitative estimate of drug-likeness (QED) is 0.523. The molecule has 0 atom stereocenters. The first-order chi connectivity index (χ1) is 4.41. The molecule has 0 unspecified atom stereocenters. The van der Waals surface area contributed by atoms with Crippen molar-refractivity contribution in [2.24, 2.45) is 0 Å². The van der Waals surface area contributed by atoms with Gasteiger partial charge < -0.3 is 0 Å². The minimum atomic E-state index is -0.185. The third-order valence-corrected chi connectivity index (χ3v) is 2.03. The lowest BCUT2D eigenvalue weighted by molar-refractivity contribution is 0.532. The topological polar surface area (TPSA) is 0 Å². The highest BCUT2D eigenvalue weighted by Gasteiger charge is 1.87. The van der Waals surface area contributed by atoms with Crippen LogP contribution in [0.2, 0.25) is 0 Å². The summed E-state index contributed by atoms with van der Waals surface area (Å²) in [5.41, 5.74) is 0. The third-order valence-electron chi connectivity index (χ3n) is 1.01. The van der Waals surface area contributed by atoms with E-state index in [1.165, 1.54) is 12.8 Å². The molecular formula is C7H14FS. The summed E-state index contributed by atoms with van der Waals surface area (Å²) in [6.07, 6.45) is 3.38. The smallest absolute Gasteiger partial charge is 0.0984 e. The van der Waals surface area contributed by atoms with Crippen molar-refractivity contribution in [2.75, 3.05) is 18.2 Å². The molecule has 0 bridgehead atoms. The Bertz CT molecular complexity index is 42.2. The highest BCUT2D eigenvalue weighted by atomic mass is 32.2. The summed E-state index contributed by atoms with van der Waals surface area (Å²) in [5.74, 6) is 1.76. The van der Waals surface area contributed by atoms with Crippen molar-refractivity contribution < 1.29 is 4.39 Å². The zero-order chi connectivity index (χ0) is 6.95. The standard InChI is InChI=1S/C7H14FS/c1-2-3-4-6-9-7-5-8/h1-7H2. The first kappa shape index (κ1) is 9.28. The summed E-state index contributed by atoms with van der Waals surface area (Å²) in [4.78, 5) is 0. The second kappa shape index (κ2) is 8.28. The maximum atomic E-state index is 11.5. The maximum absolute atomic E-state index is 11.5. The summed E-state index contributed by atoms with van der Waals surface area (Å²) in [7, 11) is 0. The Balaban J connectivity index is 2.60. The van der Waals surface area contributed by atoms with E-state index in [1.807, 2.05) is 0 Å². The third kappa shape index (κ3) is 8.28. The van der Waals surface area contributed by atoms with Gasteiger partial charge in [0.25, 0.3) is 0 Å². The zero-order valence-electron chi connectivity index (χ0n) is 5.74. The van der Waals surface area contributed by atoms with Crippen LogP contribution in [0.1, 0.15) is 19.3 Å². The molecule has 0 aromatic carbocycles. The number of alkyl halides is 1. The molecule has 0 aliphatic heterocycles. The fourth-order valence-corrected chi connectivity index (χ4v) is 1.26. The van der Waals surface area contributed by atoms with Crippen LogP contribution in [0.3, 0.4) is 0 Å². The fraction of sp³-hybridized carbons (Fsp3) is 0.857. The van der Waals surface area contributed by atoms with Crippen molar-refractivity contribution in [1.82, 2.24) is 0 Å². The number of hydrogen-bond donors (Lipinski definition) is 0. The van der Waals surface area contributed by atoms with Crippen LogP contribution in [0.25, 0.3) is 0 Å². The second-order valence-corrected chi connectivity index (χ2v) is 3.09. The lowest BCUT2D eigenvalue weighted by Crippen LogP contribution is -1.84. The van der Waals surface area contributed by atoms with Crippen molar-refractivity contribution in [3.63, 3.8) is 0 Å². The average molecular weight is 149 g/mol. The molecule has 9 heavy (non-hydrogen) atoms. The number of unbranched alkanes of at least 4 members (excludes halogenated alkanes) is 2. The first-order valence-electron chi connectivity index (χ1n) is 3.34. The second-order valence-electron chi connectivity index (χ2n) is 1.86. The van der Waals surface area contributed by atoms with E-state index in [9.17, 15) is 4.39 Å². The van der Waals surface area contributed by atoms with Gasteiger partial charge in [0, 0.05) is 5.75 Å². The molecule has 0 aromatic rings. The molecular weight excluding hydrogens is 135 g/mol. The van der Waals surface area contributed by atoms with Crippen molar-refractivity contribution in [2.45, 2.75) is 19.3 Å². The fourth-order valence-electron chi connectivity index (χ4n) is 0.538. The van der Waals surface area contributed by atoms with Gasteiger partial charge >= 0.3 is 0 Å². The molecule has 0 aromatic heterocycles. The molecule has 0 saturated carbocycles. The number of halogens is 1. The lowest BCUT2D eigenvalue weighted by Gasteiger charge is -1.95.